The molecule has 2 N–H and O–H groups in total. The molecule has 1 aromatic rings. The Hall–Kier alpha value is -1.97. The number of hydrogen-bond acceptors (Lipinski definition) is 3. The van der Waals surface area contributed by atoms with Crippen molar-refractivity contribution in [3.05, 3.63) is 47.9 Å². The van der Waals surface area contributed by atoms with E-state index in [9.17, 15) is 9.90 Å². The van der Waals surface area contributed by atoms with Gasteiger partial charge in [-0.3, -0.25) is 4.79 Å². The molecule has 1 amide bonds. The van der Waals surface area contributed by atoms with Gasteiger partial charge < -0.3 is 15.3 Å². The van der Waals surface area contributed by atoms with Crippen molar-refractivity contribution in [2.45, 2.75) is 33.4 Å². The van der Waals surface area contributed by atoms with Gasteiger partial charge in [-0.15, -0.1) is 0 Å². The van der Waals surface area contributed by atoms with Gasteiger partial charge in [0.2, 0.25) is 0 Å². The summed E-state index contributed by atoms with van der Waals surface area (Å²) in [5, 5.41) is 12.7. The summed E-state index contributed by atoms with van der Waals surface area (Å²) in [5.74, 6) is -0.529. The number of carbonyl (C=O) groups excluding carboxylic acids is 1. The molecule has 1 aliphatic heterocycles. The molecule has 20 heavy (non-hydrogen) atoms. The smallest absolute Gasteiger partial charge is 0.291 e. The summed E-state index contributed by atoms with van der Waals surface area (Å²) in [6.07, 6.45) is 1.99. The highest BCUT2D eigenvalue weighted by Gasteiger charge is 2.32. The fourth-order valence-electron chi connectivity index (χ4n) is 2.32. The highest BCUT2D eigenvalue weighted by Crippen LogP contribution is 2.21. The standard InChI is InChI=1S/C16H22N2O2/c1-16(2,3)11-18-14(17-10-13(19)15(18)20)9-12-7-5-4-6-8-12/h4-8,10,14,17,19H,9,11H2,1-3H3. The van der Waals surface area contributed by atoms with Crippen molar-refractivity contribution in [2.75, 3.05) is 6.54 Å². The fourth-order valence-corrected chi connectivity index (χ4v) is 2.32. The maximum absolute atomic E-state index is 12.2. The van der Waals surface area contributed by atoms with Crippen LogP contribution in [0.2, 0.25) is 0 Å². The lowest BCUT2D eigenvalue weighted by atomic mass is 9.94. The third-order valence-corrected chi connectivity index (χ3v) is 3.19. The van der Waals surface area contributed by atoms with Crippen molar-refractivity contribution in [1.82, 2.24) is 10.2 Å². The van der Waals surface area contributed by atoms with E-state index in [0.717, 1.165) is 5.56 Å². The Bertz CT molecular complexity index is 503. The van der Waals surface area contributed by atoms with Crippen LogP contribution >= 0.6 is 0 Å². The Kier molecular flexibility index (Phi) is 4.02. The third-order valence-electron chi connectivity index (χ3n) is 3.19. The first-order valence-corrected chi connectivity index (χ1v) is 6.87. The molecule has 4 heteroatoms. The van der Waals surface area contributed by atoms with Crippen molar-refractivity contribution in [1.29, 1.82) is 0 Å². The van der Waals surface area contributed by atoms with E-state index in [-0.39, 0.29) is 23.2 Å². The molecule has 0 aromatic heterocycles. The van der Waals surface area contributed by atoms with E-state index >= 15 is 0 Å². The molecule has 1 unspecified atom stereocenters. The first kappa shape index (κ1) is 14.4. The summed E-state index contributed by atoms with van der Waals surface area (Å²) in [4.78, 5) is 13.9. The zero-order valence-electron chi connectivity index (χ0n) is 12.3. The number of carbonyl (C=O) groups is 1. The molecule has 0 spiro atoms. The highest BCUT2D eigenvalue weighted by atomic mass is 16.3. The van der Waals surface area contributed by atoms with E-state index in [2.05, 4.69) is 26.1 Å². The minimum Gasteiger partial charge on any atom is -0.502 e. The molecule has 0 aliphatic carbocycles. The molecular weight excluding hydrogens is 252 g/mol. The zero-order chi connectivity index (χ0) is 14.8. The van der Waals surface area contributed by atoms with E-state index < -0.39 is 0 Å². The second-order valence-electron chi connectivity index (χ2n) is 6.40. The predicted octanol–water partition coefficient (Wildman–Crippen LogP) is 2.43. The quantitative estimate of drug-likeness (QED) is 0.890. The number of aliphatic hydroxyl groups excluding tert-OH is 1. The molecule has 1 atom stereocenters. The molecule has 0 bridgehead atoms. The van der Waals surface area contributed by atoms with E-state index in [1.807, 2.05) is 30.3 Å². The summed E-state index contributed by atoms with van der Waals surface area (Å²) in [7, 11) is 0. The van der Waals surface area contributed by atoms with Crippen molar-refractivity contribution >= 4 is 5.91 Å². The lowest BCUT2D eigenvalue weighted by Gasteiger charge is -2.38. The van der Waals surface area contributed by atoms with Gasteiger partial charge in [0, 0.05) is 19.2 Å². The second-order valence-corrected chi connectivity index (χ2v) is 6.40. The van der Waals surface area contributed by atoms with Crippen LogP contribution in [0.4, 0.5) is 0 Å². The Balaban J connectivity index is 2.18. The SMILES string of the molecule is CC(C)(C)CN1C(=O)C(O)=CNC1Cc1ccccc1. The highest BCUT2D eigenvalue weighted by molar-refractivity contribution is 5.92. The van der Waals surface area contributed by atoms with Crippen LogP contribution in [-0.4, -0.2) is 28.6 Å². The number of nitrogens with zero attached hydrogens (tertiary/aromatic N) is 1. The van der Waals surface area contributed by atoms with E-state index in [1.165, 1.54) is 6.20 Å². The topological polar surface area (TPSA) is 52.6 Å². The molecule has 0 saturated carbocycles. The Labute approximate surface area is 120 Å². The van der Waals surface area contributed by atoms with Crippen LogP contribution in [0, 0.1) is 5.41 Å². The molecule has 0 fully saturated rings. The summed E-state index contributed by atoms with van der Waals surface area (Å²) in [5.41, 5.74) is 1.13. The van der Waals surface area contributed by atoms with Gasteiger partial charge in [0.1, 0.15) is 6.17 Å². The molecule has 1 heterocycles. The van der Waals surface area contributed by atoms with E-state index in [0.29, 0.717) is 13.0 Å². The minimum atomic E-state index is -0.306. The fraction of sp³-hybridized carbons (Fsp3) is 0.438. The molecule has 108 valence electrons. The molecule has 0 radical (unpaired) electrons. The average Bonchev–Trinajstić information content (AvgIpc) is 2.38. The van der Waals surface area contributed by atoms with Gasteiger partial charge in [-0.1, -0.05) is 51.1 Å². The molecule has 1 aromatic carbocycles. The lowest BCUT2D eigenvalue weighted by molar-refractivity contribution is -0.135. The largest absolute Gasteiger partial charge is 0.502 e. The van der Waals surface area contributed by atoms with Crippen LogP contribution in [0.5, 0.6) is 0 Å². The molecule has 2 rings (SSSR count). The maximum Gasteiger partial charge on any atom is 0.291 e. The van der Waals surface area contributed by atoms with Crippen molar-refractivity contribution in [3.63, 3.8) is 0 Å². The number of benzene rings is 1. The molecule has 0 saturated heterocycles. The monoisotopic (exact) mass is 274 g/mol. The third kappa shape index (κ3) is 3.53. The Morgan fingerprint density at radius 3 is 2.50 bits per heavy atom. The Morgan fingerprint density at radius 2 is 1.90 bits per heavy atom. The van der Waals surface area contributed by atoms with Gasteiger partial charge in [0.25, 0.3) is 5.91 Å². The average molecular weight is 274 g/mol. The van der Waals surface area contributed by atoms with Gasteiger partial charge in [-0.2, -0.15) is 0 Å². The molecular formula is C16H22N2O2. The number of nitrogens with one attached hydrogen (secondary N) is 1. The number of aliphatic hydroxyl groups is 1. The predicted molar refractivity (Wildman–Crippen MR) is 78.9 cm³/mol. The van der Waals surface area contributed by atoms with Crippen LogP contribution < -0.4 is 5.32 Å². The Morgan fingerprint density at radius 1 is 1.25 bits per heavy atom. The van der Waals surface area contributed by atoms with Crippen LogP contribution in [0.3, 0.4) is 0 Å². The van der Waals surface area contributed by atoms with Crippen LogP contribution in [0.15, 0.2) is 42.3 Å². The molecule has 1 aliphatic rings. The normalized spacial score (nSPS) is 19.6. The minimum absolute atomic E-state index is 0.0239. The number of hydrogen-bond donors (Lipinski definition) is 2. The summed E-state index contributed by atoms with van der Waals surface area (Å²) in [6.45, 7) is 6.83. The summed E-state index contributed by atoms with van der Waals surface area (Å²) in [6, 6.07) is 10.0. The van der Waals surface area contributed by atoms with Gasteiger partial charge in [0.05, 0.1) is 0 Å². The van der Waals surface area contributed by atoms with Gasteiger partial charge in [-0.25, -0.2) is 0 Å². The zero-order valence-corrected chi connectivity index (χ0v) is 12.3. The second kappa shape index (κ2) is 5.57. The first-order chi connectivity index (χ1) is 9.37. The van der Waals surface area contributed by atoms with Crippen molar-refractivity contribution < 1.29 is 9.90 Å². The maximum atomic E-state index is 12.2. The van der Waals surface area contributed by atoms with Gasteiger partial charge >= 0.3 is 0 Å². The summed E-state index contributed by atoms with van der Waals surface area (Å²) >= 11 is 0. The van der Waals surface area contributed by atoms with Crippen molar-refractivity contribution in [3.8, 4) is 0 Å². The summed E-state index contributed by atoms with van der Waals surface area (Å²) < 4.78 is 0. The molecule has 4 nitrogen and oxygen atoms in total. The van der Waals surface area contributed by atoms with Crippen LogP contribution in [0.1, 0.15) is 26.3 Å². The lowest BCUT2D eigenvalue weighted by Crippen LogP contribution is -2.54. The van der Waals surface area contributed by atoms with Gasteiger partial charge in [-0.05, 0) is 11.0 Å². The van der Waals surface area contributed by atoms with E-state index in [1.54, 1.807) is 4.90 Å². The number of rotatable bonds is 3. The number of amides is 1. The van der Waals surface area contributed by atoms with Gasteiger partial charge in [0.15, 0.2) is 5.76 Å². The first-order valence-electron chi connectivity index (χ1n) is 6.87. The van der Waals surface area contributed by atoms with Crippen LogP contribution in [-0.2, 0) is 11.2 Å². The van der Waals surface area contributed by atoms with Crippen LogP contribution in [0.25, 0.3) is 0 Å². The van der Waals surface area contributed by atoms with Crippen molar-refractivity contribution in [2.24, 2.45) is 5.41 Å². The van der Waals surface area contributed by atoms with E-state index in [4.69, 9.17) is 0 Å².